The third kappa shape index (κ3) is 3.49. The largest absolute Gasteiger partial charge is 0.356 e. The van der Waals surface area contributed by atoms with Crippen LogP contribution in [0.1, 0.15) is 24.5 Å². The van der Waals surface area contributed by atoms with Gasteiger partial charge in [-0.05, 0) is 29.7 Å². The first-order valence-electron chi connectivity index (χ1n) is 9.75. The normalized spacial score (nSPS) is 13.2. The number of amides is 2. The summed E-state index contributed by atoms with van der Waals surface area (Å²) < 4.78 is 25.2. The van der Waals surface area contributed by atoms with Crippen LogP contribution >= 0.6 is 0 Å². The van der Waals surface area contributed by atoms with E-state index in [-0.39, 0.29) is 17.3 Å². The SMILES string of the molecule is CCCNC(=O)N1Cc2c[nH]c3c(=O)n(C)cc(c23)-c2cc(CS(C)(=O)=O)ccc21. The number of aromatic nitrogens is 2. The number of pyridine rings is 1. The number of nitrogens with zero attached hydrogens (tertiary/aromatic N) is 2. The number of urea groups is 1. The van der Waals surface area contributed by atoms with Gasteiger partial charge in [-0.2, -0.15) is 0 Å². The van der Waals surface area contributed by atoms with Gasteiger partial charge in [0.05, 0.1) is 18.0 Å². The third-order valence-corrected chi connectivity index (χ3v) is 6.12. The van der Waals surface area contributed by atoms with Gasteiger partial charge < -0.3 is 14.9 Å². The van der Waals surface area contributed by atoms with Crippen molar-refractivity contribution in [3.8, 4) is 11.1 Å². The number of sulfone groups is 1. The second-order valence-corrected chi connectivity index (χ2v) is 9.90. The number of rotatable bonds is 4. The lowest BCUT2D eigenvalue weighted by Crippen LogP contribution is -2.39. The Hall–Kier alpha value is -3.07. The van der Waals surface area contributed by atoms with Crippen LogP contribution < -0.4 is 15.8 Å². The minimum atomic E-state index is -3.23. The van der Waals surface area contributed by atoms with Crippen molar-refractivity contribution >= 4 is 32.5 Å². The summed E-state index contributed by atoms with van der Waals surface area (Å²) in [5.41, 5.74) is 3.98. The summed E-state index contributed by atoms with van der Waals surface area (Å²) in [6, 6.07) is 5.09. The van der Waals surface area contributed by atoms with Crippen LogP contribution in [0.5, 0.6) is 0 Å². The lowest BCUT2D eigenvalue weighted by molar-refractivity contribution is 0.246. The molecule has 0 unspecified atom stereocenters. The number of hydrogen-bond acceptors (Lipinski definition) is 4. The molecule has 0 atom stereocenters. The smallest absolute Gasteiger partial charge is 0.322 e. The standard InChI is InChI=1S/C21H24N4O4S/c1-4-7-22-21(27)25-10-14-9-23-19-18(14)16(11-24(2)20(19)26)15-8-13(5-6-17(15)25)12-30(3,28)29/h5-6,8-9,11,23H,4,7,10,12H2,1-3H3,(H,22,27). The number of benzene rings is 1. The van der Waals surface area contributed by atoms with Gasteiger partial charge in [0, 0.05) is 48.8 Å². The van der Waals surface area contributed by atoms with Gasteiger partial charge in [-0.25, -0.2) is 13.2 Å². The van der Waals surface area contributed by atoms with E-state index in [1.165, 1.54) is 10.8 Å². The van der Waals surface area contributed by atoms with Crippen molar-refractivity contribution in [3.05, 3.63) is 52.1 Å². The number of hydrogen-bond donors (Lipinski definition) is 2. The highest BCUT2D eigenvalue weighted by Crippen LogP contribution is 2.41. The van der Waals surface area contributed by atoms with Crippen LogP contribution in [0.4, 0.5) is 10.5 Å². The maximum Gasteiger partial charge on any atom is 0.322 e. The van der Waals surface area contributed by atoms with Crippen LogP contribution in [0.25, 0.3) is 22.0 Å². The van der Waals surface area contributed by atoms with Crippen molar-refractivity contribution in [2.75, 3.05) is 17.7 Å². The van der Waals surface area contributed by atoms with Gasteiger partial charge in [0.15, 0.2) is 9.84 Å². The second kappa shape index (κ2) is 7.32. The minimum Gasteiger partial charge on any atom is -0.356 e. The van der Waals surface area contributed by atoms with Crippen LogP contribution in [0.3, 0.4) is 0 Å². The van der Waals surface area contributed by atoms with E-state index >= 15 is 0 Å². The van der Waals surface area contributed by atoms with Gasteiger partial charge in [-0.15, -0.1) is 0 Å². The molecule has 158 valence electrons. The predicted molar refractivity (Wildman–Crippen MR) is 117 cm³/mol. The number of aryl methyl sites for hydroxylation is 1. The molecule has 30 heavy (non-hydrogen) atoms. The third-order valence-electron chi connectivity index (χ3n) is 5.26. The monoisotopic (exact) mass is 428 g/mol. The molecule has 2 amide bonds. The molecule has 2 N–H and O–H groups in total. The first-order chi connectivity index (χ1) is 14.2. The van der Waals surface area contributed by atoms with Crippen molar-refractivity contribution in [1.29, 1.82) is 0 Å². The minimum absolute atomic E-state index is 0.1000. The number of H-pyrrole nitrogens is 1. The molecule has 1 aliphatic rings. The molecule has 0 saturated heterocycles. The molecular weight excluding hydrogens is 404 g/mol. The van der Waals surface area contributed by atoms with E-state index in [9.17, 15) is 18.0 Å². The highest BCUT2D eigenvalue weighted by Gasteiger charge is 2.28. The van der Waals surface area contributed by atoms with Crippen molar-refractivity contribution in [2.45, 2.75) is 25.6 Å². The van der Waals surface area contributed by atoms with E-state index in [0.29, 0.717) is 29.9 Å². The Labute approximate surface area is 174 Å². The molecule has 3 aromatic rings. The number of carbonyl (C=O) groups excluding carboxylic acids is 1. The Balaban J connectivity index is 1.99. The summed E-state index contributed by atoms with van der Waals surface area (Å²) in [7, 11) is -1.55. The average molecular weight is 429 g/mol. The number of fused-ring (bicyclic) bond motifs is 2. The first kappa shape index (κ1) is 20.2. The molecule has 0 saturated carbocycles. The van der Waals surface area contributed by atoms with E-state index < -0.39 is 9.84 Å². The van der Waals surface area contributed by atoms with Crippen LogP contribution in [0, 0.1) is 0 Å². The molecule has 1 aliphatic heterocycles. The highest BCUT2D eigenvalue weighted by atomic mass is 32.2. The molecule has 4 rings (SSSR count). The molecule has 1 aromatic carbocycles. The van der Waals surface area contributed by atoms with Crippen molar-refractivity contribution < 1.29 is 13.2 Å². The van der Waals surface area contributed by atoms with Gasteiger partial charge in [0.25, 0.3) is 5.56 Å². The number of nitrogens with one attached hydrogen (secondary N) is 2. The van der Waals surface area contributed by atoms with E-state index in [1.807, 2.05) is 6.92 Å². The van der Waals surface area contributed by atoms with E-state index in [2.05, 4.69) is 10.3 Å². The van der Waals surface area contributed by atoms with Gasteiger partial charge in [0.2, 0.25) is 0 Å². The summed E-state index contributed by atoms with van der Waals surface area (Å²) in [5.74, 6) is -0.1000. The van der Waals surface area contributed by atoms with Crippen molar-refractivity contribution in [3.63, 3.8) is 0 Å². The Morgan fingerprint density at radius 2 is 2.03 bits per heavy atom. The summed E-state index contributed by atoms with van der Waals surface area (Å²) in [6.07, 6.45) is 5.51. The van der Waals surface area contributed by atoms with Crippen LogP contribution in [0.15, 0.2) is 35.4 Å². The maximum atomic E-state index is 13.0. The summed E-state index contributed by atoms with van der Waals surface area (Å²) in [6.45, 7) is 2.83. The molecule has 3 heterocycles. The van der Waals surface area contributed by atoms with Gasteiger partial charge in [-0.1, -0.05) is 13.0 Å². The number of anilines is 1. The lowest BCUT2D eigenvalue weighted by atomic mass is 9.99. The summed E-state index contributed by atoms with van der Waals surface area (Å²) in [5, 5.41) is 3.68. The fourth-order valence-corrected chi connectivity index (χ4v) is 4.74. The van der Waals surface area contributed by atoms with E-state index in [0.717, 1.165) is 28.5 Å². The molecule has 0 fully saturated rings. The summed E-state index contributed by atoms with van der Waals surface area (Å²) >= 11 is 0. The Kier molecular flexibility index (Phi) is 4.93. The zero-order valence-corrected chi connectivity index (χ0v) is 18.0. The number of carbonyl (C=O) groups is 1. The highest BCUT2D eigenvalue weighted by molar-refractivity contribution is 7.89. The van der Waals surface area contributed by atoms with Crippen LogP contribution in [0.2, 0.25) is 0 Å². The second-order valence-electron chi connectivity index (χ2n) is 7.76. The van der Waals surface area contributed by atoms with Gasteiger partial charge in [0.1, 0.15) is 5.52 Å². The van der Waals surface area contributed by atoms with Crippen molar-refractivity contribution in [1.82, 2.24) is 14.9 Å². The molecule has 2 aromatic heterocycles. The van der Waals surface area contributed by atoms with Gasteiger partial charge in [-0.3, -0.25) is 9.69 Å². The maximum absolute atomic E-state index is 13.0. The Morgan fingerprint density at radius 3 is 2.73 bits per heavy atom. The fourth-order valence-electron chi connectivity index (χ4n) is 3.95. The molecule has 0 spiro atoms. The van der Waals surface area contributed by atoms with E-state index in [1.54, 1.807) is 42.5 Å². The topological polar surface area (TPSA) is 104 Å². The van der Waals surface area contributed by atoms with E-state index in [4.69, 9.17) is 0 Å². The van der Waals surface area contributed by atoms with Crippen molar-refractivity contribution in [2.24, 2.45) is 7.05 Å². The molecule has 0 radical (unpaired) electrons. The van der Waals surface area contributed by atoms with Gasteiger partial charge >= 0.3 is 6.03 Å². The fraction of sp³-hybridized carbons (Fsp3) is 0.333. The Bertz CT molecular complexity index is 1320. The molecule has 0 bridgehead atoms. The molecule has 8 nitrogen and oxygen atoms in total. The van der Waals surface area contributed by atoms with Crippen LogP contribution in [-0.2, 0) is 29.2 Å². The summed E-state index contributed by atoms with van der Waals surface area (Å²) in [4.78, 5) is 30.3. The molecular formula is C21H24N4O4S. The predicted octanol–water partition coefficient (Wildman–Crippen LogP) is 2.52. The first-order valence-corrected chi connectivity index (χ1v) is 11.8. The molecule has 0 aliphatic carbocycles. The van der Waals surface area contributed by atoms with Crippen LogP contribution in [-0.4, -0.2) is 36.8 Å². The lowest BCUT2D eigenvalue weighted by Gasteiger charge is -2.24. The number of aromatic amines is 1. The zero-order valence-electron chi connectivity index (χ0n) is 17.2. The molecule has 9 heteroatoms. The zero-order chi connectivity index (χ0) is 21.6. The quantitative estimate of drug-likeness (QED) is 0.666. The Morgan fingerprint density at radius 1 is 1.27 bits per heavy atom. The average Bonchev–Trinajstić information content (AvgIpc) is 3.04.